The molecule has 0 spiro atoms. The van der Waals surface area contributed by atoms with Gasteiger partial charge < -0.3 is 10.1 Å². The van der Waals surface area contributed by atoms with Crippen molar-refractivity contribution in [2.75, 3.05) is 12.4 Å². The Morgan fingerprint density at radius 1 is 1.08 bits per heavy atom. The first kappa shape index (κ1) is 15.8. The van der Waals surface area contributed by atoms with Crippen molar-refractivity contribution < 1.29 is 14.3 Å². The van der Waals surface area contributed by atoms with Crippen LogP contribution in [-0.4, -0.2) is 33.6 Å². The molecule has 26 heavy (non-hydrogen) atoms. The second-order valence-corrected chi connectivity index (χ2v) is 5.64. The van der Waals surface area contributed by atoms with Crippen molar-refractivity contribution in [3.63, 3.8) is 0 Å². The summed E-state index contributed by atoms with van der Waals surface area (Å²) < 4.78 is 6.36. The first-order valence-corrected chi connectivity index (χ1v) is 7.88. The molecule has 0 aliphatic heterocycles. The number of ether oxygens (including phenoxy) is 1. The summed E-state index contributed by atoms with van der Waals surface area (Å²) in [6, 6.07) is 12.7. The monoisotopic (exact) mass is 346 g/mol. The van der Waals surface area contributed by atoms with Gasteiger partial charge in [0.05, 0.1) is 24.6 Å². The van der Waals surface area contributed by atoms with E-state index in [-0.39, 0.29) is 5.56 Å². The zero-order valence-electron chi connectivity index (χ0n) is 13.8. The van der Waals surface area contributed by atoms with Crippen LogP contribution >= 0.6 is 0 Å². The number of carbonyl (C=O) groups excluding carboxylic acids is 2. The quantitative estimate of drug-likeness (QED) is 0.577. The predicted octanol–water partition coefficient (Wildman–Crippen LogP) is 2.92. The number of nitrogens with one attached hydrogen (secondary N) is 1. The van der Waals surface area contributed by atoms with Gasteiger partial charge >= 0.3 is 5.97 Å². The fourth-order valence-electron chi connectivity index (χ4n) is 2.80. The summed E-state index contributed by atoms with van der Waals surface area (Å²) in [4.78, 5) is 29.1. The number of rotatable bonds is 3. The van der Waals surface area contributed by atoms with Gasteiger partial charge in [-0.25, -0.2) is 14.3 Å². The molecule has 2 aromatic heterocycles. The Bertz CT molecular complexity index is 1150. The first-order chi connectivity index (χ1) is 12.7. The number of methoxy groups -OCH3 is 1. The molecule has 0 atom stereocenters. The van der Waals surface area contributed by atoms with Crippen molar-refractivity contribution in [2.24, 2.45) is 0 Å². The van der Waals surface area contributed by atoms with Crippen LogP contribution in [0.4, 0.5) is 5.69 Å². The van der Waals surface area contributed by atoms with Gasteiger partial charge in [0.15, 0.2) is 5.65 Å². The highest BCUT2D eigenvalue weighted by molar-refractivity contribution is 6.12. The molecule has 1 amide bonds. The number of esters is 1. The molecule has 4 rings (SSSR count). The molecule has 2 heterocycles. The Morgan fingerprint density at radius 2 is 1.85 bits per heavy atom. The smallest absolute Gasteiger partial charge is 0.339 e. The van der Waals surface area contributed by atoms with Crippen LogP contribution in [0, 0.1) is 0 Å². The van der Waals surface area contributed by atoms with E-state index in [0.717, 1.165) is 10.8 Å². The molecule has 0 aliphatic rings. The van der Waals surface area contributed by atoms with Gasteiger partial charge in [-0.05, 0) is 29.0 Å². The summed E-state index contributed by atoms with van der Waals surface area (Å²) in [5, 5.41) is 8.66. The van der Waals surface area contributed by atoms with Gasteiger partial charge in [-0.2, -0.15) is 5.10 Å². The van der Waals surface area contributed by atoms with E-state index in [1.807, 2.05) is 24.3 Å². The number of hydrogen-bond donors (Lipinski definition) is 1. The molecule has 7 heteroatoms. The molecule has 1 N–H and O–H groups in total. The average molecular weight is 346 g/mol. The molecule has 0 saturated carbocycles. The SMILES string of the molecule is COC(=O)c1cc2ccccc2cc1NC(=O)c1cnn2cccnc12. The van der Waals surface area contributed by atoms with Crippen molar-refractivity contribution in [2.45, 2.75) is 0 Å². The zero-order valence-corrected chi connectivity index (χ0v) is 13.8. The molecule has 4 aromatic rings. The predicted molar refractivity (Wildman–Crippen MR) is 96.2 cm³/mol. The number of carbonyl (C=O) groups is 2. The topological polar surface area (TPSA) is 85.6 Å². The van der Waals surface area contributed by atoms with Crippen LogP contribution in [0.2, 0.25) is 0 Å². The summed E-state index contributed by atoms with van der Waals surface area (Å²) in [5.41, 5.74) is 1.40. The highest BCUT2D eigenvalue weighted by atomic mass is 16.5. The zero-order chi connectivity index (χ0) is 18.1. The Morgan fingerprint density at radius 3 is 2.62 bits per heavy atom. The molecule has 0 aliphatic carbocycles. The summed E-state index contributed by atoms with van der Waals surface area (Å²) in [5.74, 6) is -0.928. The van der Waals surface area contributed by atoms with Crippen LogP contribution in [0.3, 0.4) is 0 Å². The van der Waals surface area contributed by atoms with Gasteiger partial charge in [0, 0.05) is 12.4 Å². The van der Waals surface area contributed by atoms with E-state index in [1.54, 1.807) is 30.6 Å². The van der Waals surface area contributed by atoms with Gasteiger partial charge in [0.25, 0.3) is 5.91 Å². The van der Waals surface area contributed by atoms with E-state index in [4.69, 9.17) is 4.74 Å². The highest BCUT2D eigenvalue weighted by Gasteiger charge is 2.19. The number of amides is 1. The van der Waals surface area contributed by atoms with Crippen molar-refractivity contribution in [1.29, 1.82) is 0 Å². The number of nitrogens with zero attached hydrogens (tertiary/aromatic N) is 3. The third-order valence-corrected chi connectivity index (χ3v) is 4.06. The fraction of sp³-hybridized carbons (Fsp3) is 0.0526. The molecule has 0 unspecified atom stereocenters. The van der Waals surface area contributed by atoms with E-state index in [9.17, 15) is 9.59 Å². The second-order valence-electron chi connectivity index (χ2n) is 5.64. The number of aromatic nitrogens is 3. The summed E-state index contributed by atoms with van der Waals surface area (Å²) in [6.07, 6.45) is 4.73. The summed E-state index contributed by atoms with van der Waals surface area (Å²) in [6.45, 7) is 0. The standard InChI is InChI=1S/C19H14N4O3/c1-26-19(25)14-9-12-5-2-3-6-13(12)10-16(14)22-18(24)15-11-21-23-8-4-7-20-17(15)23/h2-11H,1H3,(H,22,24). The molecule has 2 aromatic carbocycles. The lowest BCUT2D eigenvalue weighted by atomic mass is 10.0. The Hall–Kier alpha value is -3.74. The minimum Gasteiger partial charge on any atom is -0.465 e. The van der Waals surface area contributed by atoms with E-state index in [1.165, 1.54) is 17.8 Å². The van der Waals surface area contributed by atoms with Crippen LogP contribution in [0.5, 0.6) is 0 Å². The molecule has 0 radical (unpaired) electrons. The summed E-state index contributed by atoms with van der Waals surface area (Å²) >= 11 is 0. The van der Waals surface area contributed by atoms with Crippen LogP contribution in [0.15, 0.2) is 61.1 Å². The van der Waals surface area contributed by atoms with Crippen molar-refractivity contribution >= 4 is 34.0 Å². The Balaban J connectivity index is 1.78. The number of hydrogen-bond acceptors (Lipinski definition) is 5. The minimum atomic E-state index is -0.524. The van der Waals surface area contributed by atoms with Crippen LogP contribution in [0.1, 0.15) is 20.7 Å². The largest absolute Gasteiger partial charge is 0.465 e. The lowest BCUT2D eigenvalue weighted by molar-refractivity contribution is 0.0602. The van der Waals surface area contributed by atoms with Gasteiger partial charge in [-0.1, -0.05) is 24.3 Å². The molecular formula is C19H14N4O3. The maximum atomic E-state index is 12.7. The summed E-state index contributed by atoms with van der Waals surface area (Å²) in [7, 11) is 1.30. The average Bonchev–Trinajstić information content (AvgIpc) is 3.11. The van der Waals surface area contributed by atoms with Crippen molar-refractivity contribution in [3.8, 4) is 0 Å². The highest BCUT2D eigenvalue weighted by Crippen LogP contribution is 2.25. The van der Waals surface area contributed by atoms with E-state index in [0.29, 0.717) is 16.9 Å². The van der Waals surface area contributed by atoms with Crippen LogP contribution < -0.4 is 5.32 Å². The third-order valence-electron chi connectivity index (χ3n) is 4.06. The van der Waals surface area contributed by atoms with Crippen molar-refractivity contribution in [3.05, 3.63) is 72.2 Å². The molecule has 7 nitrogen and oxygen atoms in total. The number of benzene rings is 2. The molecule has 128 valence electrons. The minimum absolute atomic E-state index is 0.281. The van der Waals surface area contributed by atoms with Gasteiger partial charge in [0.2, 0.25) is 0 Å². The Kier molecular flexibility index (Phi) is 3.81. The Labute approximate surface area is 148 Å². The van der Waals surface area contributed by atoms with E-state index < -0.39 is 11.9 Å². The van der Waals surface area contributed by atoms with Crippen molar-refractivity contribution in [1.82, 2.24) is 14.6 Å². The van der Waals surface area contributed by atoms with E-state index >= 15 is 0 Å². The van der Waals surface area contributed by atoms with Gasteiger partial charge in [-0.3, -0.25) is 4.79 Å². The second kappa shape index (κ2) is 6.29. The van der Waals surface area contributed by atoms with Gasteiger partial charge in [-0.15, -0.1) is 0 Å². The third kappa shape index (κ3) is 2.65. The maximum Gasteiger partial charge on any atom is 0.339 e. The first-order valence-electron chi connectivity index (χ1n) is 7.88. The maximum absolute atomic E-state index is 12.7. The van der Waals surface area contributed by atoms with Crippen LogP contribution in [0.25, 0.3) is 16.4 Å². The fourth-order valence-corrected chi connectivity index (χ4v) is 2.80. The molecule has 0 saturated heterocycles. The number of anilines is 1. The molecule has 0 fully saturated rings. The van der Waals surface area contributed by atoms with Crippen LogP contribution in [-0.2, 0) is 4.74 Å². The lowest BCUT2D eigenvalue weighted by Crippen LogP contribution is -2.15. The van der Waals surface area contributed by atoms with E-state index in [2.05, 4.69) is 15.4 Å². The molecule has 0 bridgehead atoms. The normalized spacial score (nSPS) is 10.8. The molecular weight excluding hydrogens is 332 g/mol. The van der Waals surface area contributed by atoms with Gasteiger partial charge in [0.1, 0.15) is 5.56 Å². The number of fused-ring (bicyclic) bond motifs is 2. The lowest BCUT2D eigenvalue weighted by Gasteiger charge is -2.11.